The summed E-state index contributed by atoms with van der Waals surface area (Å²) in [7, 11) is 0. The van der Waals surface area contributed by atoms with Crippen molar-refractivity contribution >= 4 is 15.9 Å². The monoisotopic (exact) mass is 351 g/mol. The highest BCUT2D eigenvalue weighted by Gasteiger charge is 2.26. The summed E-state index contributed by atoms with van der Waals surface area (Å²) in [6.07, 6.45) is 0.731. The first-order valence-electron chi connectivity index (χ1n) is 7.22. The summed E-state index contributed by atoms with van der Waals surface area (Å²) in [5.74, 6) is 1.29. The van der Waals surface area contributed by atoms with E-state index in [1.54, 1.807) is 0 Å². The van der Waals surface area contributed by atoms with Crippen LogP contribution in [0.25, 0.3) is 11.4 Å². The molecule has 21 heavy (non-hydrogen) atoms. The molecule has 1 atom stereocenters. The van der Waals surface area contributed by atoms with Gasteiger partial charge in [0.05, 0.1) is 0 Å². The molecular weight excluding hydrogens is 330 g/mol. The summed E-state index contributed by atoms with van der Waals surface area (Å²) < 4.78 is 6.39. The Morgan fingerprint density at radius 2 is 2.00 bits per heavy atom. The lowest BCUT2D eigenvalue weighted by molar-refractivity contribution is 0.247. The van der Waals surface area contributed by atoms with Crippen LogP contribution in [0.2, 0.25) is 0 Å². The normalized spacial score (nSPS) is 13.4. The molecule has 1 N–H and O–H groups in total. The summed E-state index contributed by atoms with van der Waals surface area (Å²) in [5, 5.41) is 7.59. The molecule has 0 aliphatic rings. The summed E-state index contributed by atoms with van der Waals surface area (Å²) in [6, 6.07) is 8.18. The molecule has 0 aliphatic carbocycles. The Morgan fingerprint density at radius 1 is 1.29 bits per heavy atom. The molecule has 0 saturated carbocycles. The van der Waals surface area contributed by atoms with Crippen LogP contribution < -0.4 is 5.32 Å². The molecule has 0 fully saturated rings. The second-order valence-electron chi connectivity index (χ2n) is 6.17. The van der Waals surface area contributed by atoms with E-state index in [9.17, 15) is 0 Å². The fourth-order valence-corrected chi connectivity index (χ4v) is 2.66. The quantitative estimate of drug-likeness (QED) is 0.882. The maximum absolute atomic E-state index is 5.42. The summed E-state index contributed by atoms with van der Waals surface area (Å²) in [6.45, 7) is 9.68. The molecule has 0 amide bonds. The molecule has 114 valence electrons. The van der Waals surface area contributed by atoms with Gasteiger partial charge in [-0.1, -0.05) is 60.9 Å². The van der Waals surface area contributed by atoms with E-state index in [1.807, 2.05) is 24.3 Å². The van der Waals surface area contributed by atoms with Gasteiger partial charge in [0.1, 0.15) is 0 Å². The van der Waals surface area contributed by atoms with Gasteiger partial charge in [-0.2, -0.15) is 4.98 Å². The van der Waals surface area contributed by atoms with E-state index < -0.39 is 0 Å². The number of hydrogen-bond acceptors (Lipinski definition) is 4. The zero-order valence-electron chi connectivity index (χ0n) is 13.0. The van der Waals surface area contributed by atoms with Gasteiger partial charge < -0.3 is 9.84 Å². The Hall–Kier alpha value is -1.20. The molecule has 0 aliphatic heterocycles. The zero-order valence-corrected chi connectivity index (χ0v) is 14.6. The molecule has 0 spiro atoms. The van der Waals surface area contributed by atoms with Crippen LogP contribution >= 0.6 is 15.9 Å². The van der Waals surface area contributed by atoms with E-state index in [-0.39, 0.29) is 5.41 Å². The first kappa shape index (κ1) is 16.2. The van der Waals surface area contributed by atoms with Crippen molar-refractivity contribution < 1.29 is 4.52 Å². The van der Waals surface area contributed by atoms with Gasteiger partial charge in [-0.25, -0.2) is 0 Å². The number of benzene rings is 1. The zero-order chi connectivity index (χ0) is 15.5. The summed E-state index contributed by atoms with van der Waals surface area (Å²) in [4.78, 5) is 4.53. The molecule has 0 radical (unpaired) electrons. The van der Waals surface area contributed by atoms with Crippen LogP contribution in [0.1, 0.15) is 33.6 Å². The second kappa shape index (κ2) is 6.71. The van der Waals surface area contributed by atoms with Crippen molar-refractivity contribution in [1.82, 2.24) is 15.5 Å². The molecule has 0 saturated heterocycles. The average molecular weight is 352 g/mol. The highest BCUT2D eigenvalue weighted by molar-refractivity contribution is 9.10. The second-order valence-corrected chi connectivity index (χ2v) is 7.03. The predicted molar refractivity (Wildman–Crippen MR) is 88.1 cm³/mol. The maximum Gasteiger partial charge on any atom is 0.228 e. The predicted octanol–water partition coefficient (Wildman–Crippen LogP) is 4.07. The topological polar surface area (TPSA) is 51.0 Å². The maximum atomic E-state index is 5.42. The van der Waals surface area contributed by atoms with Crippen molar-refractivity contribution in [2.24, 2.45) is 5.41 Å². The van der Waals surface area contributed by atoms with Crippen LogP contribution in [0.5, 0.6) is 0 Å². The fraction of sp³-hybridized carbons (Fsp3) is 0.500. The van der Waals surface area contributed by atoms with Crippen molar-refractivity contribution in [3.8, 4) is 11.4 Å². The van der Waals surface area contributed by atoms with Crippen molar-refractivity contribution in [1.29, 1.82) is 0 Å². The van der Waals surface area contributed by atoms with E-state index in [4.69, 9.17) is 4.52 Å². The average Bonchev–Trinajstić information content (AvgIpc) is 2.86. The number of nitrogens with zero attached hydrogens (tertiary/aromatic N) is 2. The van der Waals surface area contributed by atoms with Gasteiger partial charge in [0.15, 0.2) is 0 Å². The van der Waals surface area contributed by atoms with Gasteiger partial charge in [-0.15, -0.1) is 0 Å². The Morgan fingerprint density at radius 3 is 2.62 bits per heavy atom. The highest BCUT2D eigenvalue weighted by atomic mass is 79.9. The van der Waals surface area contributed by atoms with E-state index in [0.29, 0.717) is 17.8 Å². The van der Waals surface area contributed by atoms with E-state index >= 15 is 0 Å². The van der Waals surface area contributed by atoms with Gasteiger partial charge in [-0.05, 0) is 24.1 Å². The Balaban J connectivity index is 2.18. The number of rotatable bonds is 5. The van der Waals surface area contributed by atoms with Crippen LogP contribution in [0, 0.1) is 5.41 Å². The number of hydrogen-bond donors (Lipinski definition) is 1. The van der Waals surface area contributed by atoms with Crippen LogP contribution in [0.15, 0.2) is 33.3 Å². The third-order valence-electron chi connectivity index (χ3n) is 3.46. The highest BCUT2D eigenvalue weighted by Crippen LogP contribution is 2.27. The summed E-state index contributed by atoms with van der Waals surface area (Å²) in [5.41, 5.74) is 1.08. The minimum atomic E-state index is 0.137. The van der Waals surface area contributed by atoms with Gasteiger partial charge in [-0.3, -0.25) is 0 Å². The van der Waals surface area contributed by atoms with E-state index in [1.165, 1.54) is 0 Å². The molecule has 0 bridgehead atoms. The minimum Gasteiger partial charge on any atom is -0.339 e. The number of halogens is 1. The van der Waals surface area contributed by atoms with Crippen LogP contribution in [-0.4, -0.2) is 22.7 Å². The molecular formula is C16H22BrN3O. The van der Waals surface area contributed by atoms with Crippen LogP contribution in [-0.2, 0) is 6.42 Å². The number of likely N-dealkylation sites (N-methyl/N-ethyl adjacent to an activating group) is 1. The lowest BCUT2D eigenvalue weighted by atomic mass is 9.84. The van der Waals surface area contributed by atoms with Gasteiger partial charge in [0.2, 0.25) is 11.7 Å². The first-order chi connectivity index (χ1) is 9.91. The number of nitrogens with one attached hydrogen (secondary N) is 1. The largest absolute Gasteiger partial charge is 0.339 e. The van der Waals surface area contributed by atoms with Crippen LogP contribution in [0.4, 0.5) is 0 Å². The first-order valence-corrected chi connectivity index (χ1v) is 8.02. The molecule has 2 rings (SSSR count). The van der Waals surface area contributed by atoms with Crippen LogP contribution in [0.3, 0.4) is 0 Å². The van der Waals surface area contributed by atoms with Gasteiger partial charge in [0, 0.05) is 22.5 Å². The minimum absolute atomic E-state index is 0.137. The standard InChI is InChI=1S/C16H22BrN3O/c1-5-18-13(16(2,3)4)10-14-19-15(20-21-14)11-8-6-7-9-12(11)17/h6-9,13,18H,5,10H2,1-4H3. The molecule has 1 heterocycles. The van der Waals surface area contributed by atoms with Crippen molar-refractivity contribution in [3.63, 3.8) is 0 Å². The lowest BCUT2D eigenvalue weighted by Gasteiger charge is -2.30. The lowest BCUT2D eigenvalue weighted by Crippen LogP contribution is -2.41. The van der Waals surface area contributed by atoms with Crippen molar-refractivity contribution in [2.75, 3.05) is 6.54 Å². The smallest absolute Gasteiger partial charge is 0.228 e. The Bertz CT molecular complexity index is 589. The number of aromatic nitrogens is 2. The van der Waals surface area contributed by atoms with E-state index in [2.05, 4.69) is 59.1 Å². The Kier molecular flexibility index (Phi) is 5.17. The third-order valence-corrected chi connectivity index (χ3v) is 4.15. The molecule has 4 nitrogen and oxygen atoms in total. The third kappa shape index (κ3) is 4.14. The summed E-state index contributed by atoms with van der Waals surface area (Å²) >= 11 is 3.52. The Labute approximate surface area is 134 Å². The van der Waals surface area contributed by atoms with Crippen molar-refractivity contribution in [2.45, 2.75) is 40.2 Å². The van der Waals surface area contributed by atoms with Gasteiger partial charge in [0.25, 0.3) is 0 Å². The molecule has 5 heteroatoms. The SMILES string of the molecule is CCNC(Cc1nc(-c2ccccc2Br)no1)C(C)(C)C. The van der Waals surface area contributed by atoms with Crippen molar-refractivity contribution in [3.05, 3.63) is 34.6 Å². The molecule has 1 unspecified atom stereocenters. The fourth-order valence-electron chi connectivity index (χ4n) is 2.20. The molecule has 2 aromatic rings. The molecule has 1 aromatic carbocycles. The van der Waals surface area contributed by atoms with Gasteiger partial charge >= 0.3 is 0 Å². The molecule has 1 aromatic heterocycles. The van der Waals surface area contributed by atoms with E-state index in [0.717, 1.165) is 23.0 Å².